The predicted octanol–water partition coefficient (Wildman–Crippen LogP) is 6.01. The lowest BCUT2D eigenvalue weighted by atomic mass is 10.0. The molecule has 0 aliphatic rings. The number of anilines is 3. The van der Waals surface area contributed by atoms with Crippen molar-refractivity contribution in [3.63, 3.8) is 0 Å². The van der Waals surface area contributed by atoms with Crippen LogP contribution in [0, 0.1) is 18.5 Å². The number of amides is 2. The predicted molar refractivity (Wildman–Crippen MR) is 168 cm³/mol. The fourth-order valence-corrected chi connectivity index (χ4v) is 6.53. The second-order valence-corrected chi connectivity index (χ2v) is 11.8. The first kappa shape index (κ1) is 31.4. The molecule has 0 radical (unpaired) electrons. The number of alkyl halides is 3. The number of aromatic nitrogens is 2. The van der Waals surface area contributed by atoms with Crippen molar-refractivity contribution in [1.82, 2.24) is 15.3 Å². The second kappa shape index (κ2) is 13.6. The SMILES string of the molecule is N#CCNC(=O)C(Cc1cc(I)c(O)c(I)c1)N(C(=O)C(F)(F)F)c1ccc(-c2csc(Nc3ccncc3)n2)cc1. The van der Waals surface area contributed by atoms with E-state index < -0.39 is 30.6 Å². The molecular weight excluding hydrogens is 799 g/mol. The van der Waals surface area contributed by atoms with E-state index in [1.165, 1.54) is 47.7 Å². The lowest BCUT2D eigenvalue weighted by Crippen LogP contribution is -2.55. The summed E-state index contributed by atoms with van der Waals surface area (Å²) >= 11 is 5.05. The molecule has 4 rings (SSSR count). The Kier molecular flexibility index (Phi) is 10.2. The number of rotatable bonds is 9. The van der Waals surface area contributed by atoms with Gasteiger partial charge in [-0.25, -0.2) is 4.98 Å². The first-order chi connectivity index (χ1) is 20.0. The van der Waals surface area contributed by atoms with Crippen LogP contribution in [-0.2, 0) is 16.0 Å². The number of halogens is 5. The minimum Gasteiger partial charge on any atom is -0.506 e. The first-order valence-electron chi connectivity index (χ1n) is 11.9. The van der Waals surface area contributed by atoms with Crippen LogP contribution in [0.25, 0.3) is 11.3 Å². The van der Waals surface area contributed by atoms with Gasteiger partial charge in [0.2, 0.25) is 5.91 Å². The molecule has 0 aliphatic heterocycles. The van der Waals surface area contributed by atoms with Gasteiger partial charge in [0.25, 0.3) is 0 Å². The number of nitriles is 1. The Hall–Kier alpha value is -3.50. The van der Waals surface area contributed by atoms with Gasteiger partial charge in [0, 0.05) is 41.1 Å². The van der Waals surface area contributed by atoms with Gasteiger partial charge in [0.05, 0.1) is 18.9 Å². The van der Waals surface area contributed by atoms with Crippen LogP contribution >= 0.6 is 56.5 Å². The highest BCUT2D eigenvalue weighted by Gasteiger charge is 2.47. The highest BCUT2D eigenvalue weighted by atomic mass is 127. The van der Waals surface area contributed by atoms with Crippen molar-refractivity contribution < 1.29 is 27.9 Å². The summed E-state index contributed by atoms with van der Waals surface area (Å²) in [6, 6.07) is 12.3. The molecule has 1 unspecified atom stereocenters. The molecule has 0 fully saturated rings. The zero-order valence-corrected chi connectivity index (χ0v) is 26.3. The highest BCUT2D eigenvalue weighted by molar-refractivity contribution is 14.1. The standard InChI is InChI=1S/C27H19F3I2N6O3S/c28-27(29,30)25(41)38(22(24(40)35-10-7-33)13-15-11-19(31)23(39)20(32)12-15)18-3-1-16(2-4-18)21-14-42-26(37-21)36-17-5-8-34-9-6-17/h1-6,8-9,11-12,14,22,39H,10,13H2,(H,35,40)(H,34,36,37). The highest BCUT2D eigenvalue weighted by Crippen LogP contribution is 2.33. The van der Waals surface area contributed by atoms with Gasteiger partial charge in [-0.15, -0.1) is 11.3 Å². The number of carbonyl (C=O) groups is 2. The third kappa shape index (κ3) is 7.66. The van der Waals surface area contributed by atoms with Gasteiger partial charge >= 0.3 is 12.1 Å². The van der Waals surface area contributed by atoms with Crippen molar-refractivity contribution in [2.75, 3.05) is 16.8 Å². The van der Waals surface area contributed by atoms with Crippen molar-refractivity contribution in [3.8, 4) is 23.1 Å². The molecule has 1 atom stereocenters. The van der Waals surface area contributed by atoms with Crippen molar-refractivity contribution in [1.29, 1.82) is 5.26 Å². The first-order valence-corrected chi connectivity index (χ1v) is 15.0. The Morgan fingerprint density at radius 3 is 2.33 bits per heavy atom. The molecule has 0 bridgehead atoms. The Morgan fingerprint density at radius 1 is 1.10 bits per heavy atom. The van der Waals surface area contributed by atoms with Crippen molar-refractivity contribution in [2.24, 2.45) is 0 Å². The second-order valence-electron chi connectivity index (χ2n) is 8.62. The van der Waals surface area contributed by atoms with Crippen molar-refractivity contribution >= 4 is 84.8 Å². The number of hydrogen-bond donors (Lipinski definition) is 3. The quantitative estimate of drug-likeness (QED) is 0.139. The Morgan fingerprint density at radius 2 is 1.74 bits per heavy atom. The summed E-state index contributed by atoms with van der Waals surface area (Å²) in [4.78, 5) is 34.8. The third-order valence-corrected chi connectivity index (χ3v) is 8.20. The van der Waals surface area contributed by atoms with Gasteiger partial charge < -0.3 is 15.7 Å². The summed E-state index contributed by atoms with van der Waals surface area (Å²) in [6.07, 6.45) is -2.36. The summed E-state index contributed by atoms with van der Waals surface area (Å²) in [6.45, 7) is -0.466. The molecule has 0 saturated carbocycles. The smallest absolute Gasteiger partial charge is 0.471 e. The fraction of sp³-hybridized carbons (Fsp3) is 0.148. The molecule has 0 spiro atoms. The van der Waals surface area contributed by atoms with Gasteiger partial charge in [-0.1, -0.05) is 12.1 Å². The Bertz CT molecular complexity index is 1610. The molecule has 3 N–H and O–H groups in total. The van der Waals surface area contributed by atoms with E-state index >= 15 is 0 Å². The molecule has 4 aromatic rings. The summed E-state index contributed by atoms with van der Waals surface area (Å²) in [5.41, 5.74) is 2.14. The van der Waals surface area contributed by atoms with Crippen LogP contribution in [-0.4, -0.2) is 45.7 Å². The molecule has 2 amide bonds. The minimum atomic E-state index is -5.30. The van der Waals surface area contributed by atoms with Crippen LogP contribution in [0.1, 0.15) is 5.56 Å². The van der Waals surface area contributed by atoms with Gasteiger partial charge in [0.1, 0.15) is 18.3 Å². The molecular formula is C27H19F3I2N6O3S. The fourth-order valence-electron chi connectivity index (χ4n) is 3.90. The number of aromatic hydroxyl groups is 1. The number of hydrogen-bond acceptors (Lipinski definition) is 8. The maximum atomic E-state index is 13.9. The van der Waals surface area contributed by atoms with E-state index in [0.29, 0.717) is 34.0 Å². The van der Waals surface area contributed by atoms with Crippen LogP contribution in [0.15, 0.2) is 66.3 Å². The molecule has 0 saturated heterocycles. The number of carbonyl (C=O) groups excluding carboxylic acids is 2. The van der Waals surface area contributed by atoms with Crippen LogP contribution in [0.4, 0.5) is 29.7 Å². The van der Waals surface area contributed by atoms with Crippen LogP contribution < -0.4 is 15.5 Å². The number of phenols is 1. The molecule has 42 heavy (non-hydrogen) atoms. The monoisotopic (exact) mass is 818 g/mol. The van der Waals surface area contributed by atoms with Gasteiger partial charge in [-0.2, -0.15) is 18.4 Å². The number of benzene rings is 2. The third-order valence-electron chi connectivity index (χ3n) is 5.80. The van der Waals surface area contributed by atoms with Gasteiger partial charge in [0.15, 0.2) is 5.13 Å². The Balaban J connectivity index is 1.69. The molecule has 216 valence electrons. The maximum absolute atomic E-state index is 13.9. The maximum Gasteiger partial charge on any atom is 0.471 e. The van der Waals surface area contributed by atoms with Crippen LogP contribution in [0.5, 0.6) is 5.75 Å². The minimum absolute atomic E-state index is 0.00887. The summed E-state index contributed by atoms with van der Waals surface area (Å²) in [7, 11) is 0. The number of nitrogens with zero attached hydrogens (tertiary/aromatic N) is 4. The van der Waals surface area contributed by atoms with Crippen LogP contribution in [0.2, 0.25) is 0 Å². The zero-order valence-electron chi connectivity index (χ0n) is 21.2. The van der Waals surface area contributed by atoms with Gasteiger partial charge in [-0.05, 0) is 87.1 Å². The zero-order chi connectivity index (χ0) is 30.4. The van der Waals surface area contributed by atoms with Crippen molar-refractivity contribution in [3.05, 3.63) is 79.0 Å². The number of nitrogens with one attached hydrogen (secondary N) is 2. The van der Waals surface area contributed by atoms with E-state index in [1.54, 1.807) is 36.0 Å². The molecule has 2 aromatic heterocycles. The molecule has 2 aromatic carbocycles. The average Bonchev–Trinajstić information content (AvgIpc) is 3.43. The topological polar surface area (TPSA) is 131 Å². The van der Waals surface area contributed by atoms with Crippen molar-refractivity contribution in [2.45, 2.75) is 18.6 Å². The number of thiazole rings is 1. The molecule has 9 nitrogen and oxygen atoms in total. The molecule has 0 aliphatic carbocycles. The van der Waals surface area contributed by atoms with E-state index in [9.17, 15) is 27.9 Å². The number of phenolic OH excluding ortho intramolecular Hbond substituents is 1. The summed E-state index contributed by atoms with van der Waals surface area (Å²) in [5.74, 6) is -3.19. The summed E-state index contributed by atoms with van der Waals surface area (Å²) < 4.78 is 42.5. The van der Waals surface area contributed by atoms with E-state index in [1.807, 2.05) is 45.2 Å². The largest absolute Gasteiger partial charge is 0.506 e. The van der Waals surface area contributed by atoms with Crippen LogP contribution in [0.3, 0.4) is 0 Å². The van der Waals surface area contributed by atoms with E-state index in [-0.39, 0.29) is 17.9 Å². The van der Waals surface area contributed by atoms with Gasteiger partial charge in [-0.3, -0.25) is 19.5 Å². The lowest BCUT2D eigenvalue weighted by molar-refractivity contribution is -0.171. The Labute approximate surface area is 269 Å². The molecule has 2 heterocycles. The molecule has 15 heteroatoms. The normalized spacial score (nSPS) is 11.8. The van der Waals surface area contributed by atoms with E-state index in [4.69, 9.17) is 5.26 Å². The lowest BCUT2D eigenvalue weighted by Gasteiger charge is -2.31. The number of pyridine rings is 1. The average molecular weight is 818 g/mol. The van der Waals surface area contributed by atoms with E-state index in [0.717, 1.165) is 5.69 Å². The summed E-state index contributed by atoms with van der Waals surface area (Å²) in [5, 5.41) is 26.8. The van der Waals surface area contributed by atoms with E-state index in [2.05, 4.69) is 20.6 Å².